The van der Waals surface area contributed by atoms with E-state index in [-0.39, 0.29) is 5.91 Å². The number of carbonyl (C=O) groups excluding carboxylic acids is 1. The van der Waals surface area contributed by atoms with Crippen molar-refractivity contribution in [2.24, 2.45) is 0 Å². The summed E-state index contributed by atoms with van der Waals surface area (Å²) in [6.07, 6.45) is 6.72. The molecule has 5 heteroatoms. The Hall–Kier alpha value is -1.36. The van der Waals surface area contributed by atoms with Crippen LogP contribution in [0.25, 0.3) is 0 Å². The van der Waals surface area contributed by atoms with E-state index in [2.05, 4.69) is 15.8 Å². The lowest BCUT2D eigenvalue weighted by Gasteiger charge is -2.19. The molecular weight excluding hydrogens is 230 g/mol. The molecule has 1 saturated carbocycles. The second kappa shape index (κ2) is 6.54. The first kappa shape index (κ1) is 13.1. The molecule has 1 heterocycles. The van der Waals surface area contributed by atoms with Gasteiger partial charge in [-0.05, 0) is 32.6 Å². The van der Waals surface area contributed by atoms with E-state index >= 15 is 0 Å². The molecule has 1 amide bonds. The molecule has 1 aromatic rings. The number of carbonyl (C=O) groups is 1. The zero-order valence-electron chi connectivity index (χ0n) is 10.9. The molecule has 2 rings (SSSR count). The van der Waals surface area contributed by atoms with Gasteiger partial charge in [-0.15, -0.1) is 0 Å². The molecule has 0 unspecified atom stereocenters. The van der Waals surface area contributed by atoms with E-state index in [4.69, 9.17) is 4.52 Å². The molecule has 1 fully saturated rings. The predicted molar refractivity (Wildman–Crippen MR) is 67.2 cm³/mol. The van der Waals surface area contributed by atoms with Crippen LogP contribution in [0.2, 0.25) is 0 Å². The third-order valence-corrected chi connectivity index (χ3v) is 3.44. The number of nitrogens with two attached hydrogens (primary N) is 1. The number of hydrogen-bond acceptors (Lipinski definition) is 3. The molecule has 0 bridgehead atoms. The monoisotopic (exact) mass is 252 g/mol. The highest BCUT2D eigenvalue weighted by Crippen LogP contribution is 2.14. The van der Waals surface area contributed by atoms with Crippen LogP contribution in [0.4, 0.5) is 0 Å². The van der Waals surface area contributed by atoms with Crippen LogP contribution in [-0.4, -0.2) is 30.2 Å². The maximum atomic E-state index is 11.7. The second-order valence-corrected chi connectivity index (χ2v) is 5.00. The van der Waals surface area contributed by atoms with Crippen LogP contribution in [0.15, 0.2) is 10.6 Å². The third-order valence-electron chi connectivity index (χ3n) is 3.44. The van der Waals surface area contributed by atoms with E-state index < -0.39 is 0 Å². The van der Waals surface area contributed by atoms with E-state index in [0.717, 1.165) is 12.6 Å². The molecule has 0 aliphatic heterocycles. The fourth-order valence-electron chi connectivity index (χ4n) is 2.44. The van der Waals surface area contributed by atoms with Crippen LogP contribution in [0.3, 0.4) is 0 Å². The normalized spacial score (nSPS) is 16.7. The molecule has 0 aromatic carbocycles. The fraction of sp³-hybridized carbons (Fsp3) is 0.692. The highest BCUT2D eigenvalue weighted by atomic mass is 16.5. The van der Waals surface area contributed by atoms with E-state index in [9.17, 15) is 4.79 Å². The molecule has 0 radical (unpaired) electrons. The molecule has 1 aliphatic carbocycles. The fourth-order valence-corrected chi connectivity index (χ4v) is 2.44. The van der Waals surface area contributed by atoms with Crippen molar-refractivity contribution in [1.82, 2.24) is 10.5 Å². The predicted octanol–water partition coefficient (Wildman–Crippen LogP) is 0.609. The SMILES string of the molecule is Cc1cc(C(=O)NCC[NH2+]C2CCCCC2)no1. The van der Waals surface area contributed by atoms with Crippen molar-refractivity contribution in [3.8, 4) is 0 Å². The molecule has 0 saturated heterocycles. The van der Waals surface area contributed by atoms with Crippen molar-refractivity contribution in [2.45, 2.75) is 45.1 Å². The lowest BCUT2D eigenvalue weighted by molar-refractivity contribution is -0.690. The number of quaternary nitrogens is 1. The Labute approximate surface area is 107 Å². The number of nitrogens with one attached hydrogen (secondary N) is 1. The number of aromatic nitrogens is 1. The Kier molecular flexibility index (Phi) is 4.75. The van der Waals surface area contributed by atoms with Gasteiger partial charge in [0.05, 0.1) is 19.1 Å². The van der Waals surface area contributed by atoms with Crippen molar-refractivity contribution >= 4 is 5.91 Å². The molecule has 0 atom stereocenters. The summed E-state index contributed by atoms with van der Waals surface area (Å²) in [7, 11) is 0. The Balaban J connectivity index is 1.61. The minimum Gasteiger partial charge on any atom is -0.361 e. The summed E-state index contributed by atoms with van der Waals surface area (Å²) >= 11 is 0. The van der Waals surface area contributed by atoms with Crippen molar-refractivity contribution in [3.63, 3.8) is 0 Å². The van der Waals surface area contributed by atoms with Gasteiger partial charge >= 0.3 is 0 Å². The molecule has 5 nitrogen and oxygen atoms in total. The second-order valence-electron chi connectivity index (χ2n) is 5.00. The average molecular weight is 252 g/mol. The van der Waals surface area contributed by atoms with Gasteiger partial charge in [-0.2, -0.15) is 0 Å². The number of aryl methyl sites for hydroxylation is 1. The zero-order valence-corrected chi connectivity index (χ0v) is 10.9. The van der Waals surface area contributed by atoms with Crippen molar-refractivity contribution in [2.75, 3.05) is 13.1 Å². The number of amides is 1. The van der Waals surface area contributed by atoms with Crippen molar-refractivity contribution < 1.29 is 14.6 Å². The van der Waals surface area contributed by atoms with Gasteiger partial charge in [0.1, 0.15) is 5.76 Å². The summed E-state index contributed by atoms with van der Waals surface area (Å²) in [6, 6.07) is 2.41. The van der Waals surface area contributed by atoms with Gasteiger partial charge in [0.15, 0.2) is 5.69 Å². The lowest BCUT2D eigenvalue weighted by Crippen LogP contribution is -2.91. The molecular formula is C13H22N3O2+. The number of hydrogen-bond donors (Lipinski definition) is 2. The zero-order chi connectivity index (χ0) is 12.8. The smallest absolute Gasteiger partial charge is 0.273 e. The standard InChI is InChI=1S/C13H21N3O2/c1-10-9-12(16-18-10)13(17)15-8-7-14-11-5-3-2-4-6-11/h9,11,14H,2-8H2,1H3,(H,15,17)/p+1. The van der Waals surface area contributed by atoms with E-state index in [0.29, 0.717) is 18.0 Å². The minimum absolute atomic E-state index is 0.149. The van der Waals surface area contributed by atoms with Gasteiger partial charge in [0, 0.05) is 6.07 Å². The summed E-state index contributed by atoms with van der Waals surface area (Å²) in [5.41, 5.74) is 0.366. The summed E-state index contributed by atoms with van der Waals surface area (Å²) in [4.78, 5) is 11.7. The first-order valence-electron chi connectivity index (χ1n) is 6.80. The van der Waals surface area contributed by atoms with Crippen LogP contribution in [0, 0.1) is 6.92 Å². The third kappa shape index (κ3) is 3.84. The summed E-state index contributed by atoms with van der Waals surface area (Å²) in [6.45, 7) is 3.40. The van der Waals surface area contributed by atoms with Gasteiger partial charge in [0.25, 0.3) is 5.91 Å². The molecule has 3 N–H and O–H groups in total. The van der Waals surface area contributed by atoms with Gasteiger partial charge < -0.3 is 15.2 Å². The minimum atomic E-state index is -0.149. The molecule has 1 aliphatic rings. The molecule has 100 valence electrons. The van der Waals surface area contributed by atoms with Crippen LogP contribution < -0.4 is 10.6 Å². The van der Waals surface area contributed by atoms with Gasteiger partial charge in [0.2, 0.25) is 0 Å². The van der Waals surface area contributed by atoms with Crippen LogP contribution in [-0.2, 0) is 0 Å². The van der Waals surface area contributed by atoms with E-state index in [1.807, 2.05) is 0 Å². The molecule has 18 heavy (non-hydrogen) atoms. The van der Waals surface area contributed by atoms with Gasteiger partial charge in [-0.3, -0.25) is 4.79 Å². The number of rotatable bonds is 5. The Bertz CT molecular complexity index is 383. The van der Waals surface area contributed by atoms with Crippen molar-refractivity contribution in [1.29, 1.82) is 0 Å². The van der Waals surface area contributed by atoms with Crippen LogP contribution in [0.1, 0.15) is 48.4 Å². The highest BCUT2D eigenvalue weighted by molar-refractivity contribution is 5.92. The Morgan fingerprint density at radius 3 is 2.94 bits per heavy atom. The van der Waals surface area contributed by atoms with Crippen molar-refractivity contribution in [3.05, 3.63) is 17.5 Å². The average Bonchev–Trinajstić information content (AvgIpc) is 2.82. The highest BCUT2D eigenvalue weighted by Gasteiger charge is 2.16. The lowest BCUT2D eigenvalue weighted by atomic mass is 9.95. The Morgan fingerprint density at radius 1 is 1.50 bits per heavy atom. The summed E-state index contributed by atoms with van der Waals surface area (Å²) < 4.78 is 4.87. The largest absolute Gasteiger partial charge is 0.361 e. The van der Waals surface area contributed by atoms with Crippen LogP contribution in [0.5, 0.6) is 0 Å². The number of nitrogens with zero attached hydrogens (tertiary/aromatic N) is 1. The van der Waals surface area contributed by atoms with Gasteiger partial charge in [-0.25, -0.2) is 0 Å². The summed E-state index contributed by atoms with van der Waals surface area (Å²) in [5.74, 6) is 0.512. The Morgan fingerprint density at radius 2 is 2.28 bits per heavy atom. The maximum Gasteiger partial charge on any atom is 0.273 e. The maximum absolute atomic E-state index is 11.7. The first-order chi connectivity index (χ1) is 8.75. The summed E-state index contributed by atoms with van der Waals surface area (Å²) in [5, 5.41) is 8.90. The topological polar surface area (TPSA) is 71.7 Å². The van der Waals surface area contributed by atoms with Crippen LogP contribution >= 0.6 is 0 Å². The molecule has 0 spiro atoms. The van der Waals surface area contributed by atoms with E-state index in [1.165, 1.54) is 32.1 Å². The van der Waals surface area contributed by atoms with Gasteiger partial charge in [-0.1, -0.05) is 11.6 Å². The quantitative estimate of drug-likeness (QED) is 0.754. The first-order valence-corrected chi connectivity index (χ1v) is 6.80. The van der Waals surface area contributed by atoms with E-state index in [1.54, 1.807) is 13.0 Å². The molecule has 1 aromatic heterocycles.